The van der Waals surface area contributed by atoms with Crippen LogP contribution in [0.15, 0.2) is 73.6 Å². The number of carboxylic acid groups (broad SMARTS) is 1. The summed E-state index contributed by atoms with van der Waals surface area (Å²) in [5.74, 6) is 0.0458. The first-order chi connectivity index (χ1) is 19.5. The Morgan fingerprint density at radius 1 is 1.10 bits per heavy atom. The number of likely N-dealkylation sites (tertiary alicyclic amines) is 1. The van der Waals surface area contributed by atoms with Crippen LogP contribution in [-0.4, -0.2) is 55.6 Å². The number of aromatic nitrogens is 3. The number of pyridine rings is 1. The Kier molecular flexibility index (Phi) is 7.27. The summed E-state index contributed by atoms with van der Waals surface area (Å²) in [4.78, 5) is 38.2. The second-order valence-corrected chi connectivity index (χ2v) is 10.9. The highest BCUT2D eigenvalue weighted by molar-refractivity contribution is 6.00. The van der Waals surface area contributed by atoms with Crippen molar-refractivity contribution in [2.45, 2.75) is 32.9 Å². The van der Waals surface area contributed by atoms with Crippen LogP contribution in [0, 0.1) is 11.2 Å². The van der Waals surface area contributed by atoms with E-state index in [-0.39, 0.29) is 34.9 Å². The average molecular weight is 556 g/mol. The van der Waals surface area contributed by atoms with Crippen molar-refractivity contribution in [3.05, 3.63) is 79.4 Å². The van der Waals surface area contributed by atoms with Crippen molar-refractivity contribution in [2.24, 2.45) is 5.41 Å². The fraction of sp³-hybridized carbons (Fsp3) is 0.233. The lowest BCUT2D eigenvalue weighted by atomic mass is 9.76. The van der Waals surface area contributed by atoms with Crippen LogP contribution in [0.1, 0.15) is 20.8 Å². The molecule has 4 N–H and O–H groups in total. The highest BCUT2D eigenvalue weighted by Gasteiger charge is 2.48. The second-order valence-electron chi connectivity index (χ2n) is 10.9. The van der Waals surface area contributed by atoms with E-state index in [9.17, 15) is 14.7 Å². The smallest absolute Gasteiger partial charge is 0.407 e. The first-order valence-corrected chi connectivity index (χ1v) is 13.0. The van der Waals surface area contributed by atoms with Crippen LogP contribution in [0.4, 0.5) is 32.3 Å². The number of nitrogens with zero attached hydrogens (tertiary/aromatic N) is 4. The first-order valence-electron chi connectivity index (χ1n) is 13.0. The molecule has 0 bridgehead atoms. The summed E-state index contributed by atoms with van der Waals surface area (Å²) >= 11 is 0. The van der Waals surface area contributed by atoms with Crippen molar-refractivity contribution in [1.29, 1.82) is 0 Å². The van der Waals surface area contributed by atoms with E-state index in [2.05, 4.69) is 37.5 Å². The molecule has 0 radical (unpaired) electrons. The van der Waals surface area contributed by atoms with Crippen LogP contribution >= 0.6 is 0 Å². The third-order valence-electron chi connectivity index (χ3n) is 6.90. The van der Waals surface area contributed by atoms with Crippen molar-refractivity contribution in [3.63, 3.8) is 0 Å². The minimum absolute atomic E-state index is 0.0573. The van der Waals surface area contributed by atoms with Gasteiger partial charge >= 0.3 is 6.09 Å². The van der Waals surface area contributed by atoms with Gasteiger partial charge in [-0.3, -0.25) is 4.79 Å². The van der Waals surface area contributed by atoms with Gasteiger partial charge in [0.2, 0.25) is 11.9 Å². The van der Waals surface area contributed by atoms with Gasteiger partial charge in [0.15, 0.2) is 0 Å². The number of hydrogen-bond donors (Lipinski definition) is 4. The van der Waals surface area contributed by atoms with E-state index in [0.29, 0.717) is 40.2 Å². The highest BCUT2D eigenvalue weighted by atomic mass is 19.1. The van der Waals surface area contributed by atoms with E-state index in [1.165, 1.54) is 11.0 Å². The molecular formula is C30H30FN7O3. The van der Waals surface area contributed by atoms with E-state index in [0.717, 1.165) is 6.08 Å². The molecule has 0 saturated carbocycles. The van der Waals surface area contributed by atoms with E-state index >= 15 is 4.39 Å². The molecule has 1 aliphatic heterocycles. The predicted octanol–water partition coefficient (Wildman–Crippen LogP) is 5.89. The Labute approximate surface area is 236 Å². The van der Waals surface area contributed by atoms with Crippen molar-refractivity contribution < 1.29 is 19.1 Å². The van der Waals surface area contributed by atoms with Crippen LogP contribution in [-0.2, 0) is 4.79 Å². The normalized spacial score (nSPS) is 16.5. The zero-order valence-corrected chi connectivity index (χ0v) is 22.9. The largest absolute Gasteiger partial charge is 0.465 e. The summed E-state index contributed by atoms with van der Waals surface area (Å²) in [6.45, 7) is 9.88. The molecule has 10 nitrogen and oxygen atoms in total. The number of amides is 2. The third-order valence-corrected chi connectivity index (χ3v) is 6.90. The topological polar surface area (TPSA) is 132 Å². The Hall–Kier alpha value is -5.06. The number of benzene rings is 2. The lowest BCUT2D eigenvalue weighted by Gasteiger charge is -2.52. The fourth-order valence-corrected chi connectivity index (χ4v) is 5.12. The molecule has 3 heterocycles. The van der Waals surface area contributed by atoms with Gasteiger partial charge in [-0.2, -0.15) is 0 Å². The Balaban J connectivity index is 1.36. The molecule has 11 heteroatoms. The minimum Gasteiger partial charge on any atom is -0.465 e. The first kappa shape index (κ1) is 27.5. The lowest BCUT2D eigenvalue weighted by molar-refractivity contribution is -0.111. The standard InChI is InChI=1S/C30H30FN7O3/c1-5-24(39)34-19-8-6-7-17(13-19)25-21(31)11-9-18-14-33-28(37-26(18)25)35-20-10-12-23(32-15-20)36-22-16-38(29(40)41)27(22)30(2,3)4/h5-15,22,27H,1,16H2,2-4H3,(H,32,36)(H,34,39)(H,40,41)(H,33,35,37). The van der Waals surface area contributed by atoms with Crippen LogP contribution in [0.3, 0.4) is 0 Å². The molecule has 5 rings (SSSR count). The van der Waals surface area contributed by atoms with Crippen molar-refractivity contribution in [3.8, 4) is 11.1 Å². The molecule has 0 spiro atoms. The summed E-state index contributed by atoms with van der Waals surface area (Å²) in [5.41, 5.74) is 2.12. The Bertz CT molecular complexity index is 1640. The second kappa shape index (κ2) is 10.8. The summed E-state index contributed by atoms with van der Waals surface area (Å²) < 4.78 is 15.1. The zero-order valence-electron chi connectivity index (χ0n) is 22.9. The molecule has 41 heavy (non-hydrogen) atoms. The molecule has 2 aromatic heterocycles. The summed E-state index contributed by atoms with van der Waals surface area (Å²) in [6, 6.07) is 13.2. The molecular weight excluding hydrogens is 525 g/mol. The van der Waals surface area contributed by atoms with Gasteiger partial charge in [0, 0.05) is 29.4 Å². The van der Waals surface area contributed by atoms with Crippen LogP contribution < -0.4 is 16.0 Å². The van der Waals surface area contributed by atoms with Gasteiger partial charge in [-0.05, 0) is 53.5 Å². The maximum absolute atomic E-state index is 15.1. The van der Waals surface area contributed by atoms with Gasteiger partial charge < -0.3 is 26.0 Å². The number of hydrogen-bond acceptors (Lipinski definition) is 7. The molecule has 2 aromatic carbocycles. The number of carbonyl (C=O) groups is 2. The summed E-state index contributed by atoms with van der Waals surface area (Å²) in [6.07, 6.45) is 3.46. The number of halogens is 1. The maximum atomic E-state index is 15.1. The van der Waals surface area contributed by atoms with Gasteiger partial charge in [0.1, 0.15) is 11.6 Å². The van der Waals surface area contributed by atoms with Crippen LogP contribution in [0.2, 0.25) is 0 Å². The van der Waals surface area contributed by atoms with Crippen LogP contribution in [0.25, 0.3) is 22.0 Å². The summed E-state index contributed by atoms with van der Waals surface area (Å²) in [7, 11) is 0. The number of carbonyl (C=O) groups excluding carboxylic acids is 1. The van der Waals surface area contributed by atoms with Crippen molar-refractivity contribution >= 4 is 46.0 Å². The van der Waals surface area contributed by atoms with Crippen molar-refractivity contribution in [1.82, 2.24) is 19.9 Å². The highest BCUT2D eigenvalue weighted by Crippen LogP contribution is 2.36. The number of anilines is 4. The maximum Gasteiger partial charge on any atom is 0.407 e. The molecule has 2 amide bonds. The quantitative estimate of drug-likeness (QED) is 0.208. The van der Waals surface area contributed by atoms with Gasteiger partial charge in [-0.1, -0.05) is 39.5 Å². The molecule has 2 unspecified atom stereocenters. The molecule has 2 atom stereocenters. The van der Waals surface area contributed by atoms with E-state index in [4.69, 9.17) is 0 Å². The van der Waals surface area contributed by atoms with Gasteiger partial charge in [-0.15, -0.1) is 0 Å². The van der Waals surface area contributed by atoms with Gasteiger partial charge in [-0.25, -0.2) is 24.1 Å². The number of nitrogens with one attached hydrogen (secondary N) is 3. The van der Waals surface area contributed by atoms with E-state index in [1.54, 1.807) is 54.9 Å². The Morgan fingerprint density at radius 3 is 2.59 bits per heavy atom. The predicted molar refractivity (Wildman–Crippen MR) is 157 cm³/mol. The lowest BCUT2D eigenvalue weighted by Crippen LogP contribution is -2.69. The average Bonchev–Trinajstić information content (AvgIpc) is 2.90. The van der Waals surface area contributed by atoms with E-state index < -0.39 is 11.9 Å². The molecule has 1 saturated heterocycles. The molecule has 210 valence electrons. The summed E-state index contributed by atoms with van der Waals surface area (Å²) in [5, 5.41) is 19.3. The molecule has 4 aromatic rings. The minimum atomic E-state index is -0.930. The third kappa shape index (κ3) is 5.79. The zero-order chi connectivity index (χ0) is 29.3. The SMILES string of the molecule is C=CC(=O)Nc1cccc(-c2c(F)ccc3cnc(Nc4ccc(NC5CN(C(=O)O)C5C(C)(C)C)nc4)nc23)c1. The number of rotatable bonds is 7. The number of fused-ring (bicyclic) bond motifs is 1. The molecule has 1 aliphatic rings. The fourth-order valence-electron chi connectivity index (χ4n) is 5.12. The Morgan fingerprint density at radius 2 is 1.90 bits per heavy atom. The van der Waals surface area contributed by atoms with Crippen LogP contribution in [0.5, 0.6) is 0 Å². The molecule has 0 aliphatic carbocycles. The molecule has 1 fully saturated rings. The van der Waals surface area contributed by atoms with Gasteiger partial charge in [0.25, 0.3) is 0 Å². The monoisotopic (exact) mass is 555 g/mol. The van der Waals surface area contributed by atoms with E-state index in [1.807, 2.05) is 20.8 Å². The van der Waals surface area contributed by atoms with Crippen molar-refractivity contribution in [2.75, 3.05) is 22.5 Å². The van der Waals surface area contributed by atoms with Gasteiger partial charge in [0.05, 0.1) is 29.5 Å².